The second-order valence-corrected chi connectivity index (χ2v) is 8.59. The molecular formula is C28H28N4O3. The van der Waals surface area contributed by atoms with Gasteiger partial charge in [-0.2, -0.15) is 0 Å². The summed E-state index contributed by atoms with van der Waals surface area (Å²) < 4.78 is 9.65. The number of amides is 1. The monoisotopic (exact) mass is 468 g/mol. The lowest BCUT2D eigenvalue weighted by Crippen LogP contribution is -2.37. The molecule has 0 atom stereocenters. The van der Waals surface area contributed by atoms with Crippen LogP contribution >= 0.6 is 0 Å². The quantitative estimate of drug-likeness (QED) is 0.396. The summed E-state index contributed by atoms with van der Waals surface area (Å²) in [6, 6.07) is 23.1. The largest absolute Gasteiger partial charge is 0.492 e. The molecule has 7 heteroatoms. The number of para-hydroxylation sites is 2. The van der Waals surface area contributed by atoms with Gasteiger partial charge in [0, 0.05) is 30.9 Å². The van der Waals surface area contributed by atoms with Crippen molar-refractivity contribution in [1.82, 2.24) is 19.2 Å². The first-order chi connectivity index (χ1) is 17.2. The van der Waals surface area contributed by atoms with E-state index < -0.39 is 0 Å². The first-order valence-electron chi connectivity index (χ1n) is 11.9. The molecule has 5 rings (SSSR count). The summed E-state index contributed by atoms with van der Waals surface area (Å²) in [7, 11) is 0. The van der Waals surface area contributed by atoms with Crippen molar-refractivity contribution in [2.75, 3.05) is 13.2 Å². The van der Waals surface area contributed by atoms with Crippen LogP contribution in [0.25, 0.3) is 5.69 Å². The summed E-state index contributed by atoms with van der Waals surface area (Å²) in [4.78, 5) is 32.5. The van der Waals surface area contributed by atoms with E-state index in [2.05, 4.69) is 4.98 Å². The van der Waals surface area contributed by atoms with Gasteiger partial charge in [0.05, 0.1) is 24.5 Å². The highest BCUT2D eigenvalue weighted by Crippen LogP contribution is 2.21. The summed E-state index contributed by atoms with van der Waals surface area (Å²) in [5.74, 6) is 0.876. The van der Waals surface area contributed by atoms with Crippen LogP contribution in [-0.4, -0.2) is 38.3 Å². The molecule has 0 radical (unpaired) electrons. The molecule has 0 saturated carbocycles. The summed E-state index contributed by atoms with van der Waals surface area (Å²) in [6.07, 6.45) is 5.15. The smallest absolute Gasteiger partial charge is 0.274 e. The van der Waals surface area contributed by atoms with Crippen molar-refractivity contribution in [2.24, 2.45) is 0 Å². The average Bonchev–Trinajstić information content (AvgIpc) is 3.19. The molecule has 0 fully saturated rings. The minimum atomic E-state index is -0.0200. The van der Waals surface area contributed by atoms with E-state index in [1.165, 1.54) is 0 Å². The number of hydrogen-bond donors (Lipinski definition) is 0. The van der Waals surface area contributed by atoms with Crippen LogP contribution in [0.2, 0.25) is 0 Å². The number of rotatable bonds is 8. The lowest BCUT2D eigenvalue weighted by molar-refractivity contribution is -0.132. The van der Waals surface area contributed by atoms with Crippen LogP contribution in [0, 0.1) is 0 Å². The maximum Gasteiger partial charge on any atom is 0.274 e. The maximum absolute atomic E-state index is 13.4. The number of ether oxygens (including phenoxy) is 1. The minimum Gasteiger partial charge on any atom is -0.492 e. The van der Waals surface area contributed by atoms with E-state index in [0.29, 0.717) is 45.5 Å². The molecule has 0 spiro atoms. The van der Waals surface area contributed by atoms with E-state index >= 15 is 0 Å². The lowest BCUT2D eigenvalue weighted by atomic mass is 10.1. The molecule has 0 aliphatic carbocycles. The highest BCUT2D eigenvalue weighted by molar-refractivity contribution is 5.76. The van der Waals surface area contributed by atoms with E-state index in [-0.39, 0.29) is 11.5 Å². The van der Waals surface area contributed by atoms with Gasteiger partial charge in [-0.25, -0.2) is 4.68 Å². The Morgan fingerprint density at radius 1 is 0.971 bits per heavy atom. The number of nitrogens with zero attached hydrogens (tertiary/aromatic N) is 4. The predicted molar refractivity (Wildman–Crippen MR) is 134 cm³/mol. The van der Waals surface area contributed by atoms with Crippen molar-refractivity contribution in [3.8, 4) is 11.4 Å². The normalized spacial score (nSPS) is 12.9. The van der Waals surface area contributed by atoms with Gasteiger partial charge in [-0.05, 0) is 48.7 Å². The molecular weight excluding hydrogens is 440 g/mol. The van der Waals surface area contributed by atoms with Crippen LogP contribution in [0.15, 0.2) is 90.0 Å². The van der Waals surface area contributed by atoms with Crippen LogP contribution in [-0.2, 0) is 30.7 Å². The van der Waals surface area contributed by atoms with Gasteiger partial charge in [0.2, 0.25) is 5.91 Å². The number of carbonyl (C=O) groups excluding carboxylic acids is 1. The number of carbonyl (C=O) groups is 1. The topological polar surface area (TPSA) is 69.4 Å². The van der Waals surface area contributed by atoms with Gasteiger partial charge in [0.1, 0.15) is 12.4 Å². The van der Waals surface area contributed by atoms with Gasteiger partial charge in [-0.3, -0.25) is 19.3 Å². The molecule has 1 aliphatic heterocycles. The van der Waals surface area contributed by atoms with Gasteiger partial charge in [0.25, 0.3) is 5.56 Å². The van der Waals surface area contributed by atoms with Crippen molar-refractivity contribution in [1.29, 1.82) is 0 Å². The molecule has 2 aromatic heterocycles. The van der Waals surface area contributed by atoms with Gasteiger partial charge < -0.3 is 9.64 Å². The predicted octanol–water partition coefficient (Wildman–Crippen LogP) is 3.63. The molecule has 7 nitrogen and oxygen atoms in total. The number of pyridine rings is 1. The Morgan fingerprint density at radius 3 is 2.49 bits per heavy atom. The van der Waals surface area contributed by atoms with E-state index in [0.717, 1.165) is 28.3 Å². The zero-order valence-electron chi connectivity index (χ0n) is 19.5. The first-order valence-corrected chi connectivity index (χ1v) is 11.9. The Kier molecular flexibility index (Phi) is 6.75. The molecule has 3 heterocycles. The SMILES string of the molecule is O=C(CCc1cccnc1)N1CCc2c(n(CCOc3ccccc3)n(-c3ccccc3)c2=O)C1. The Balaban J connectivity index is 1.38. The molecule has 1 amide bonds. The molecule has 35 heavy (non-hydrogen) atoms. The maximum atomic E-state index is 13.4. The minimum absolute atomic E-state index is 0.0200. The van der Waals surface area contributed by atoms with Crippen LogP contribution in [0.1, 0.15) is 23.2 Å². The van der Waals surface area contributed by atoms with Gasteiger partial charge in [-0.15, -0.1) is 0 Å². The van der Waals surface area contributed by atoms with Crippen LogP contribution in [0.4, 0.5) is 0 Å². The average molecular weight is 469 g/mol. The third-order valence-corrected chi connectivity index (χ3v) is 6.34. The van der Waals surface area contributed by atoms with Gasteiger partial charge >= 0.3 is 0 Å². The molecule has 0 bridgehead atoms. The zero-order chi connectivity index (χ0) is 24.0. The molecule has 178 valence electrons. The second kappa shape index (κ2) is 10.4. The van der Waals surface area contributed by atoms with E-state index in [9.17, 15) is 9.59 Å². The summed E-state index contributed by atoms with van der Waals surface area (Å²) >= 11 is 0. The molecule has 4 aromatic rings. The first kappa shape index (κ1) is 22.7. The number of fused-ring (bicyclic) bond motifs is 1. The van der Waals surface area contributed by atoms with Crippen molar-refractivity contribution < 1.29 is 9.53 Å². The van der Waals surface area contributed by atoms with Crippen molar-refractivity contribution in [3.63, 3.8) is 0 Å². The number of aromatic nitrogens is 3. The molecule has 0 saturated heterocycles. The van der Waals surface area contributed by atoms with Gasteiger partial charge in [-0.1, -0.05) is 42.5 Å². The number of hydrogen-bond acceptors (Lipinski definition) is 4. The number of benzene rings is 2. The molecule has 2 aromatic carbocycles. The van der Waals surface area contributed by atoms with Crippen LogP contribution < -0.4 is 10.3 Å². The molecule has 0 unspecified atom stereocenters. The summed E-state index contributed by atoms with van der Waals surface area (Å²) in [6.45, 7) is 1.87. The Bertz CT molecular complexity index is 1330. The Labute approximate surface area is 204 Å². The fraction of sp³-hybridized carbons (Fsp3) is 0.250. The van der Waals surface area contributed by atoms with E-state index in [1.54, 1.807) is 17.1 Å². The molecule has 0 N–H and O–H groups in total. The van der Waals surface area contributed by atoms with Crippen molar-refractivity contribution in [3.05, 3.63) is 112 Å². The highest BCUT2D eigenvalue weighted by atomic mass is 16.5. The summed E-state index contributed by atoms with van der Waals surface area (Å²) in [5.41, 5.74) is 3.50. The standard InChI is InChI=1S/C28H28N4O3/c33-27(14-13-22-8-7-16-29-20-22)30-17-15-25-26(21-30)31(18-19-35-24-11-5-2-6-12-24)32(28(25)34)23-9-3-1-4-10-23/h1-12,16,20H,13-15,17-19,21H2. The lowest BCUT2D eigenvalue weighted by Gasteiger charge is -2.28. The van der Waals surface area contributed by atoms with Crippen molar-refractivity contribution >= 4 is 5.91 Å². The Hall–Kier alpha value is -4.13. The third-order valence-electron chi connectivity index (χ3n) is 6.34. The fourth-order valence-electron chi connectivity index (χ4n) is 4.57. The summed E-state index contributed by atoms with van der Waals surface area (Å²) in [5, 5.41) is 0. The fourth-order valence-corrected chi connectivity index (χ4v) is 4.57. The number of aryl methyl sites for hydroxylation is 1. The van der Waals surface area contributed by atoms with Crippen molar-refractivity contribution in [2.45, 2.75) is 32.4 Å². The third kappa shape index (κ3) is 5.04. The Morgan fingerprint density at radius 2 is 1.74 bits per heavy atom. The van der Waals surface area contributed by atoms with Gasteiger partial charge in [0.15, 0.2) is 0 Å². The second-order valence-electron chi connectivity index (χ2n) is 8.59. The molecule has 1 aliphatic rings. The highest BCUT2D eigenvalue weighted by Gasteiger charge is 2.28. The van der Waals surface area contributed by atoms with Crippen LogP contribution in [0.5, 0.6) is 5.75 Å². The van der Waals surface area contributed by atoms with Crippen LogP contribution in [0.3, 0.4) is 0 Å². The zero-order valence-corrected chi connectivity index (χ0v) is 19.5. The van der Waals surface area contributed by atoms with E-state index in [4.69, 9.17) is 4.74 Å². The van der Waals surface area contributed by atoms with E-state index in [1.807, 2.05) is 82.4 Å².